The molecule has 26 heavy (non-hydrogen) atoms. The van der Waals surface area contributed by atoms with E-state index in [0.717, 1.165) is 37.0 Å². The van der Waals surface area contributed by atoms with Crippen molar-refractivity contribution in [3.05, 3.63) is 54.6 Å². The van der Waals surface area contributed by atoms with Crippen LogP contribution in [0.15, 0.2) is 49.1 Å². The maximum atomic E-state index is 12.3. The molecule has 0 radical (unpaired) electrons. The molecule has 0 saturated carbocycles. The van der Waals surface area contributed by atoms with E-state index in [1.807, 2.05) is 23.0 Å². The summed E-state index contributed by atoms with van der Waals surface area (Å²) in [5.41, 5.74) is 1.60. The van der Waals surface area contributed by atoms with Crippen molar-refractivity contribution in [1.29, 1.82) is 0 Å². The average molecular weight is 351 g/mol. The Balaban J connectivity index is 1.35. The lowest BCUT2D eigenvalue weighted by atomic mass is 9.94. The summed E-state index contributed by atoms with van der Waals surface area (Å²) in [5, 5.41) is 14.3. The molecule has 3 heterocycles. The Labute approximate surface area is 150 Å². The monoisotopic (exact) mass is 351 g/mol. The van der Waals surface area contributed by atoms with Gasteiger partial charge in [-0.1, -0.05) is 12.2 Å². The highest BCUT2D eigenvalue weighted by molar-refractivity contribution is 5.88. The molecule has 0 spiro atoms. The molecule has 0 fully saturated rings. The van der Waals surface area contributed by atoms with Crippen LogP contribution in [0.4, 0.5) is 10.6 Å². The van der Waals surface area contributed by atoms with Crippen LogP contribution in [0.1, 0.15) is 24.8 Å². The number of carbonyl (C=O) groups excluding carboxylic acids is 1. The van der Waals surface area contributed by atoms with Gasteiger partial charge in [-0.25, -0.2) is 19.0 Å². The van der Waals surface area contributed by atoms with Crippen molar-refractivity contribution in [1.82, 2.24) is 29.7 Å². The highest BCUT2D eigenvalue weighted by Gasteiger charge is 2.14. The van der Waals surface area contributed by atoms with E-state index in [0.29, 0.717) is 18.3 Å². The number of urea groups is 1. The van der Waals surface area contributed by atoms with E-state index in [1.165, 1.54) is 0 Å². The molecule has 1 aliphatic rings. The van der Waals surface area contributed by atoms with Crippen LogP contribution in [0.3, 0.4) is 0 Å². The Morgan fingerprint density at radius 1 is 1.27 bits per heavy atom. The molecule has 2 amide bonds. The zero-order valence-corrected chi connectivity index (χ0v) is 14.4. The van der Waals surface area contributed by atoms with E-state index in [1.54, 1.807) is 23.1 Å². The van der Waals surface area contributed by atoms with Crippen LogP contribution < -0.4 is 10.6 Å². The second-order valence-electron chi connectivity index (χ2n) is 6.41. The number of hydrogen-bond donors (Lipinski definition) is 2. The fourth-order valence-corrected chi connectivity index (χ4v) is 3.19. The van der Waals surface area contributed by atoms with Gasteiger partial charge in [-0.3, -0.25) is 5.32 Å². The Morgan fingerprint density at radius 2 is 2.23 bits per heavy atom. The summed E-state index contributed by atoms with van der Waals surface area (Å²) in [6.45, 7) is 1.17. The van der Waals surface area contributed by atoms with E-state index in [-0.39, 0.29) is 6.03 Å². The number of hydrogen-bond acceptors (Lipinski definition) is 4. The Hall–Kier alpha value is -3.16. The van der Waals surface area contributed by atoms with Crippen LogP contribution in [0, 0.1) is 5.92 Å². The standard InChI is InChI=1S/C18H21N7O/c26-18(20-11-15-12-22-24-10-4-8-19-17(15)24)23-16-7-9-21-25(16)13-14-5-2-1-3-6-14/h1-2,4,7-10,12,14H,3,5-6,11,13H2,(H2,20,23,26). The smallest absolute Gasteiger partial charge is 0.320 e. The highest BCUT2D eigenvalue weighted by atomic mass is 16.2. The van der Waals surface area contributed by atoms with Crippen LogP contribution in [-0.2, 0) is 13.1 Å². The number of aromatic nitrogens is 5. The van der Waals surface area contributed by atoms with Gasteiger partial charge >= 0.3 is 6.03 Å². The van der Waals surface area contributed by atoms with E-state index in [9.17, 15) is 4.79 Å². The first kappa shape index (κ1) is 16.3. The van der Waals surface area contributed by atoms with E-state index < -0.39 is 0 Å². The predicted molar refractivity (Wildman–Crippen MR) is 97.6 cm³/mol. The molecule has 1 atom stereocenters. The topological polar surface area (TPSA) is 89.1 Å². The second kappa shape index (κ2) is 7.38. The molecular formula is C18H21N7O. The lowest BCUT2D eigenvalue weighted by molar-refractivity contribution is 0.251. The van der Waals surface area contributed by atoms with Gasteiger partial charge < -0.3 is 5.32 Å². The summed E-state index contributed by atoms with van der Waals surface area (Å²) >= 11 is 0. The van der Waals surface area contributed by atoms with Gasteiger partial charge in [0.25, 0.3) is 0 Å². The third-order valence-electron chi connectivity index (χ3n) is 4.56. The first-order chi connectivity index (χ1) is 12.8. The third kappa shape index (κ3) is 3.58. The van der Waals surface area contributed by atoms with Gasteiger partial charge in [0.15, 0.2) is 5.65 Å². The average Bonchev–Trinajstić information content (AvgIpc) is 3.28. The summed E-state index contributed by atoms with van der Waals surface area (Å²) in [6, 6.07) is 3.35. The van der Waals surface area contributed by atoms with E-state index >= 15 is 0 Å². The van der Waals surface area contributed by atoms with Crippen molar-refractivity contribution in [2.45, 2.75) is 32.4 Å². The Bertz CT molecular complexity index is 926. The number of nitrogens with one attached hydrogen (secondary N) is 2. The highest BCUT2D eigenvalue weighted by Crippen LogP contribution is 2.21. The van der Waals surface area contributed by atoms with Crippen LogP contribution >= 0.6 is 0 Å². The molecule has 3 aromatic heterocycles. The molecule has 2 N–H and O–H groups in total. The summed E-state index contributed by atoms with van der Waals surface area (Å²) < 4.78 is 3.54. The number of rotatable bonds is 5. The van der Waals surface area contributed by atoms with Crippen molar-refractivity contribution in [3.8, 4) is 0 Å². The molecule has 0 saturated heterocycles. The molecule has 8 nitrogen and oxygen atoms in total. The van der Waals surface area contributed by atoms with Crippen molar-refractivity contribution in [3.63, 3.8) is 0 Å². The van der Waals surface area contributed by atoms with E-state index in [4.69, 9.17) is 0 Å². The molecule has 0 aromatic carbocycles. The molecule has 1 aliphatic carbocycles. The molecule has 3 aromatic rings. The fourth-order valence-electron chi connectivity index (χ4n) is 3.19. The fraction of sp³-hybridized carbons (Fsp3) is 0.333. The minimum Gasteiger partial charge on any atom is -0.334 e. The summed E-state index contributed by atoms with van der Waals surface area (Å²) in [4.78, 5) is 16.5. The maximum Gasteiger partial charge on any atom is 0.320 e. The summed E-state index contributed by atoms with van der Waals surface area (Å²) in [5.74, 6) is 1.27. The normalized spacial score (nSPS) is 16.7. The predicted octanol–water partition coefficient (Wildman–Crippen LogP) is 2.60. The molecule has 0 aliphatic heterocycles. The van der Waals surface area contributed by atoms with Crippen molar-refractivity contribution in [2.75, 3.05) is 5.32 Å². The number of nitrogens with zero attached hydrogens (tertiary/aromatic N) is 5. The maximum absolute atomic E-state index is 12.3. The SMILES string of the molecule is O=C(NCc1cnn2cccnc12)Nc1ccnn1CC1CC=CCC1. The van der Waals surface area contributed by atoms with Gasteiger partial charge in [0.2, 0.25) is 0 Å². The van der Waals surface area contributed by atoms with Gasteiger partial charge in [-0.05, 0) is 31.2 Å². The van der Waals surface area contributed by atoms with Gasteiger partial charge in [-0.2, -0.15) is 10.2 Å². The first-order valence-electron chi connectivity index (χ1n) is 8.78. The first-order valence-corrected chi connectivity index (χ1v) is 8.78. The lowest BCUT2D eigenvalue weighted by Gasteiger charge is -2.19. The van der Waals surface area contributed by atoms with Crippen molar-refractivity contribution >= 4 is 17.5 Å². The second-order valence-corrected chi connectivity index (χ2v) is 6.41. The zero-order chi connectivity index (χ0) is 17.8. The summed E-state index contributed by atoms with van der Waals surface area (Å²) in [6.07, 6.45) is 14.7. The Morgan fingerprint density at radius 3 is 3.12 bits per heavy atom. The van der Waals surface area contributed by atoms with Gasteiger partial charge in [-0.15, -0.1) is 0 Å². The van der Waals surface area contributed by atoms with Crippen LogP contribution in [0.2, 0.25) is 0 Å². The number of allylic oxidation sites excluding steroid dienone is 2. The minimum absolute atomic E-state index is 0.273. The van der Waals surface area contributed by atoms with Gasteiger partial charge in [0.05, 0.1) is 12.4 Å². The number of fused-ring (bicyclic) bond motifs is 1. The van der Waals surface area contributed by atoms with Crippen molar-refractivity contribution < 1.29 is 4.79 Å². The molecular weight excluding hydrogens is 330 g/mol. The minimum atomic E-state index is -0.273. The number of amides is 2. The molecule has 134 valence electrons. The Kier molecular flexibility index (Phi) is 4.63. The van der Waals surface area contributed by atoms with Crippen molar-refractivity contribution in [2.24, 2.45) is 5.92 Å². The van der Waals surface area contributed by atoms with Crippen LogP contribution in [0.5, 0.6) is 0 Å². The molecule has 1 unspecified atom stereocenters. The van der Waals surface area contributed by atoms with Crippen LogP contribution in [-0.4, -0.2) is 30.4 Å². The lowest BCUT2D eigenvalue weighted by Crippen LogP contribution is -2.29. The molecule has 0 bridgehead atoms. The molecule has 8 heteroatoms. The van der Waals surface area contributed by atoms with Gasteiger partial charge in [0, 0.05) is 37.1 Å². The third-order valence-corrected chi connectivity index (χ3v) is 4.56. The number of anilines is 1. The summed E-state index contributed by atoms with van der Waals surface area (Å²) in [7, 11) is 0. The van der Waals surface area contributed by atoms with Crippen LogP contribution in [0.25, 0.3) is 5.65 Å². The largest absolute Gasteiger partial charge is 0.334 e. The number of carbonyl (C=O) groups is 1. The van der Waals surface area contributed by atoms with E-state index in [2.05, 4.69) is 38.0 Å². The zero-order valence-electron chi connectivity index (χ0n) is 14.4. The van der Waals surface area contributed by atoms with Gasteiger partial charge in [0.1, 0.15) is 5.82 Å². The molecule has 4 rings (SSSR count). The quantitative estimate of drug-likeness (QED) is 0.692.